The second kappa shape index (κ2) is 6.39. The molecule has 0 radical (unpaired) electrons. The standard InChI is InChI=1S/C14H19FN2OS/c1-16(2)13(11-5-3-4-6-12(11)15)14(18)17-7-9-19-10-8-17/h3-6,13H,7-10H2,1-2H3. The normalized spacial score (nSPS) is 17.6. The number of thioether (sulfide) groups is 1. The Bertz CT molecular complexity index is 447. The van der Waals surface area contributed by atoms with E-state index < -0.39 is 6.04 Å². The number of carbonyl (C=O) groups excluding carboxylic acids is 1. The SMILES string of the molecule is CN(C)C(C(=O)N1CCSCC1)c1ccccc1F. The zero-order valence-corrected chi connectivity index (χ0v) is 12.1. The molecule has 104 valence electrons. The van der Waals surface area contributed by atoms with Crippen LogP contribution >= 0.6 is 11.8 Å². The van der Waals surface area contributed by atoms with Gasteiger partial charge in [0.15, 0.2) is 0 Å². The van der Waals surface area contributed by atoms with Crippen molar-refractivity contribution in [1.29, 1.82) is 0 Å². The lowest BCUT2D eigenvalue weighted by molar-refractivity contribution is -0.136. The summed E-state index contributed by atoms with van der Waals surface area (Å²) in [6, 6.07) is 5.98. The Balaban J connectivity index is 2.25. The van der Waals surface area contributed by atoms with Crippen molar-refractivity contribution in [2.24, 2.45) is 0 Å². The molecular formula is C14H19FN2OS. The van der Waals surface area contributed by atoms with Crippen molar-refractivity contribution in [3.63, 3.8) is 0 Å². The summed E-state index contributed by atoms with van der Waals surface area (Å²) in [4.78, 5) is 16.2. The van der Waals surface area contributed by atoms with Crippen LogP contribution in [0.3, 0.4) is 0 Å². The molecular weight excluding hydrogens is 263 g/mol. The molecule has 0 aliphatic carbocycles. The zero-order chi connectivity index (χ0) is 13.8. The number of nitrogens with zero attached hydrogens (tertiary/aromatic N) is 2. The summed E-state index contributed by atoms with van der Waals surface area (Å²) in [7, 11) is 3.63. The summed E-state index contributed by atoms with van der Waals surface area (Å²) in [5, 5.41) is 0. The third kappa shape index (κ3) is 3.28. The molecule has 0 N–H and O–H groups in total. The molecule has 1 aromatic rings. The van der Waals surface area contributed by atoms with Crippen LogP contribution in [0.1, 0.15) is 11.6 Å². The molecule has 0 spiro atoms. The lowest BCUT2D eigenvalue weighted by atomic mass is 10.0. The van der Waals surface area contributed by atoms with E-state index in [-0.39, 0.29) is 11.7 Å². The average Bonchev–Trinajstić information content (AvgIpc) is 2.42. The molecule has 1 saturated heterocycles. The first-order valence-corrected chi connectivity index (χ1v) is 7.54. The number of likely N-dealkylation sites (N-methyl/N-ethyl adjacent to an activating group) is 1. The number of hydrogen-bond donors (Lipinski definition) is 0. The highest BCUT2D eigenvalue weighted by Crippen LogP contribution is 2.24. The highest BCUT2D eigenvalue weighted by molar-refractivity contribution is 7.99. The van der Waals surface area contributed by atoms with Gasteiger partial charge in [0.2, 0.25) is 5.91 Å². The lowest BCUT2D eigenvalue weighted by Gasteiger charge is -2.33. The molecule has 1 aromatic carbocycles. The molecule has 0 aromatic heterocycles. The summed E-state index contributed by atoms with van der Waals surface area (Å²) in [6.07, 6.45) is 0. The van der Waals surface area contributed by atoms with Gasteiger partial charge in [-0.2, -0.15) is 11.8 Å². The van der Waals surface area contributed by atoms with E-state index in [9.17, 15) is 9.18 Å². The molecule has 1 atom stereocenters. The number of amides is 1. The highest BCUT2D eigenvalue weighted by Gasteiger charge is 2.30. The van der Waals surface area contributed by atoms with Crippen LogP contribution in [0.15, 0.2) is 24.3 Å². The molecule has 1 fully saturated rings. The van der Waals surface area contributed by atoms with E-state index in [1.807, 2.05) is 30.8 Å². The Labute approximate surface area is 117 Å². The number of hydrogen-bond acceptors (Lipinski definition) is 3. The minimum absolute atomic E-state index is 0.00426. The molecule has 1 amide bonds. The monoisotopic (exact) mass is 282 g/mol. The van der Waals surface area contributed by atoms with Gasteiger partial charge >= 0.3 is 0 Å². The van der Waals surface area contributed by atoms with E-state index in [0.29, 0.717) is 5.56 Å². The van der Waals surface area contributed by atoms with E-state index in [1.165, 1.54) is 6.07 Å². The maximum Gasteiger partial charge on any atom is 0.244 e. The van der Waals surface area contributed by atoms with E-state index >= 15 is 0 Å². The largest absolute Gasteiger partial charge is 0.339 e. The van der Waals surface area contributed by atoms with Crippen molar-refractivity contribution in [2.75, 3.05) is 38.7 Å². The van der Waals surface area contributed by atoms with Crippen LogP contribution in [0, 0.1) is 5.82 Å². The second-order valence-electron chi connectivity index (χ2n) is 4.83. The molecule has 1 heterocycles. The van der Waals surface area contributed by atoms with Gasteiger partial charge < -0.3 is 4.90 Å². The number of benzene rings is 1. The Morgan fingerprint density at radius 3 is 2.53 bits per heavy atom. The van der Waals surface area contributed by atoms with Crippen LogP contribution in [-0.2, 0) is 4.79 Å². The van der Waals surface area contributed by atoms with Gasteiger partial charge in [-0.1, -0.05) is 18.2 Å². The summed E-state index contributed by atoms with van der Waals surface area (Å²) in [5.41, 5.74) is 0.454. The maximum atomic E-state index is 13.9. The van der Waals surface area contributed by atoms with Gasteiger partial charge in [0.25, 0.3) is 0 Å². The molecule has 0 bridgehead atoms. The van der Waals surface area contributed by atoms with Gasteiger partial charge in [0.05, 0.1) is 0 Å². The van der Waals surface area contributed by atoms with Crippen molar-refractivity contribution >= 4 is 17.7 Å². The van der Waals surface area contributed by atoms with Gasteiger partial charge in [0, 0.05) is 30.2 Å². The Morgan fingerprint density at radius 2 is 1.95 bits per heavy atom. The molecule has 1 unspecified atom stereocenters. The zero-order valence-electron chi connectivity index (χ0n) is 11.3. The Morgan fingerprint density at radius 1 is 1.32 bits per heavy atom. The van der Waals surface area contributed by atoms with Crippen molar-refractivity contribution in [2.45, 2.75) is 6.04 Å². The van der Waals surface area contributed by atoms with Gasteiger partial charge in [-0.15, -0.1) is 0 Å². The summed E-state index contributed by atoms with van der Waals surface area (Å²) >= 11 is 1.85. The molecule has 0 saturated carbocycles. The molecule has 19 heavy (non-hydrogen) atoms. The third-order valence-electron chi connectivity index (χ3n) is 3.27. The fraction of sp³-hybridized carbons (Fsp3) is 0.500. The van der Waals surface area contributed by atoms with Crippen molar-refractivity contribution in [3.05, 3.63) is 35.6 Å². The molecule has 3 nitrogen and oxygen atoms in total. The predicted molar refractivity (Wildman–Crippen MR) is 76.7 cm³/mol. The second-order valence-corrected chi connectivity index (χ2v) is 6.05. The fourth-order valence-corrected chi connectivity index (χ4v) is 3.19. The molecule has 5 heteroatoms. The van der Waals surface area contributed by atoms with Gasteiger partial charge in [-0.3, -0.25) is 9.69 Å². The first-order chi connectivity index (χ1) is 9.11. The van der Waals surface area contributed by atoms with Gasteiger partial charge in [-0.25, -0.2) is 4.39 Å². The molecule has 1 aliphatic rings. The quantitative estimate of drug-likeness (QED) is 0.847. The summed E-state index contributed by atoms with van der Waals surface area (Å²) in [5.74, 6) is 1.60. The molecule has 2 rings (SSSR count). The van der Waals surface area contributed by atoms with E-state index in [4.69, 9.17) is 0 Å². The topological polar surface area (TPSA) is 23.6 Å². The summed E-state index contributed by atoms with van der Waals surface area (Å²) < 4.78 is 13.9. The van der Waals surface area contributed by atoms with E-state index in [1.54, 1.807) is 23.1 Å². The van der Waals surface area contributed by atoms with Crippen LogP contribution in [-0.4, -0.2) is 54.4 Å². The van der Waals surface area contributed by atoms with E-state index in [0.717, 1.165) is 24.6 Å². The number of halogens is 1. The van der Waals surface area contributed by atoms with Crippen LogP contribution in [0.2, 0.25) is 0 Å². The summed E-state index contributed by atoms with van der Waals surface area (Å²) in [6.45, 7) is 1.50. The number of carbonyl (C=O) groups is 1. The minimum atomic E-state index is -0.538. The predicted octanol–water partition coefficient (Wildman–Crippen LogP) is 2.00. The highest BCUT2D eigenvalue weighted by atomic mass is 32.2. The first kappa shape index (κ1) is 14.3. The third-order valence-corrected chi connectivity index (χ3v) is 4.22. The minimum Gasteiger partial charge on any atom is -0.339 e. The van der Waals surface area contributed by atoms with Gasteiger partial charge in [0.1, 0.15) is 11.9 Å². The Kier molecular flexibility index (Phi) is 4.82. The lowest BCUT2D eigenvalue weighted by Crippen LogP contribution is -2.44. The molecule has 1 aliphatic heterocycles. The van der Waals surface area contributed by atoms with E-state index in [2.05, 4.69) is 0 Å². The van der Waals surface area contributed by atoms with Crippen LogP contribution in [0.5, 0.6) is 0 Å². The van der Waals surface area contributed by atoms with Crippen LogP contribution < -0.4 is 0 Å². The number of rotatable bonds is 3. The van der Waals surface area contributed by atoms with Crippen molar-refractivity contribution < 1.29 is 9.18 Å². The smallest absolute Gasteiger partial charge is 0.244 e. The fourth-order valence-electron chi connectivity index (χ4n) is 2.29. The van der Waals surface area contributed by atoms with Crippen molar-refractivity contribution in [1.82, 2.24) is 9.80 Å². The van der Waals surface area contributed by atoms with Crippen molar-refractivity contribution in [3.8, 4) is 0 Å². The van der Waals surface area contributed by atoms with Crippen LogP contribution in [0.4, 0.5) is 4.39 Å². The van der Waals surface area contributed by atoms with Gasteiger partial charge in [-0.05, 0) is 20.2 Å². The first-order valence-electron chi connectivity index (χ1n) is 6.38. The average molecular weight is 282 g/mol. The Hall–Kier alpha value is -1.07. The maximum absolute atomic E-state index is 13.9. The van der Waals surface area contributed by atoms with Crippen LogP contribution in [0.25, 0.3) is 0 Å².